The van der Waals surface area contributed by atoms with E-state index in [1.54, 1.807) is 31.9 Å². The predicted octanol–water partition coefficient (Wildman–Crippen LogP) is 8.20. The zero-order valence-electron chi connectivity index (χ0n) is 23.3. The van der Waals surface area contributed by atoms with Crippen molar-refractivity contribution >= 4 is 23.1 Å². The Hall–Kier alpha value is -4.99. The number of hydrogen-bond acceptors (Lipinski definition) is 5. The van der Waals surface area contributed by atoms with Gasteiger partial charge in [0, 0.05) is 63.0 Å². The summed E-state index contributed by atoms with van der Waals surface area (Å²) >= 11 is 0. The largest absolute Gasteiger partial charge is 0.496 e. The van der Waals surface area contributed by atoms with Gasteiger partial charge in [-0.2, -0.15) is 0 Å². The first-order valence-corrected chi connectivity index (χ1v) is 15.3. The molecule has 0 saturated carbocycles. The Bertz CT molecular complexity index is 1840. The third kappa shape index (κ3) is 5.99. The van der Waals surface area contributed by atoms with Crippen molar-refractivity contribution in [3.63, 3.8) is 0 Å². The second-order valence-corrected chi connectivity index (χ2v) is 12.7. The highest BCUT2D eigenvalue weighted by Crippen LogP contribution is 2.44. The molecule has 5 nitrogen and oxygen atoms in total. The van der Waals surface area contributed by atoms with Gasteiger partial charge in [0.15, 0.2) is 7.14 Å². The highest BCUT2D eigenvalue weighted by Gasteiger charge is 2.29. The smallest absolute Gasteiger partial charge is 0.171 e. The molecule has 0 spiro atoms. The summed E-state index contributed by atoms with van der Waals surface area (Å²) in [7, 11) is -1.45. The lowest BCUT2D eigenvalue weighted by Gasteiger charge is -2.21. The van der Waals surface area contributed by atoms with Crippen LogP contribution >= 0.6 is 7.14 Å². The Labute approximate surface area is 253 Å². The predicted molar refractivity (Wildman–Crippen MR) is 177 cm³/mol. The van der Waals surface area contributed by atoms with Crippen molar-refractivity contribution in [3.8, 4) is 39.5 Å². The molecule has 0 fully saturated rings. The van der Waals surface area contributed by atoms with Gasteiger partial charge in [0.1, 0.15) is 17.2 Å². The number of aromatic nitrogens is 2. The molecule has 2 aromatic heterocycles. The molecule has 0 aliphatic heterocycles. The fourth-order valence-electron chi connectivity index (χ4n) is 5.00. The third-order valence-electron chi connectivity index (χ3n) is 7.19. The van der Waals surface area contributed by atoms with Crippen molar-refractivity contribution in [2.45, 2.75) is 14.4 Å². The standard InChI is InChI=1S/C36H29N2O3P.CH4/c1-26-12-16-31(17-13-26)42(39,30-10-4-3-5-11-30)32-18-14-29(15-19-32)41-36-23-33(27-8-6-20-37-24-27)35(40-2)22-34(36)28-9-7-21-38-25-28;/h3-25H,1-2H3;1H4. The molecule has 6 aromatic rings. The number of benzene rings is 4. The minimum atomic E-state index is -3.10. The summed E-state index contributed by atoms with van der Waals surface area (Å²) in [6.45, 7) is 2.03. The average molecular weight is 585 g/mol. The second-order valence-electron chi connectivity index (χ2n) is 9.91. The van der Waals surface area contributed by atoms with Crippen LogP contribution in [0.25, 0.3) is 22.3 Å². The molecule has 1 atom stereocenters. The SMILES string of the molecule is C.COc1cc(-c2cccnc2)c(Oc2ccc(P(=O)(c3ccccc3)c3ccc(C)cc3)cc2)cc1-c1cccnc1. The van der Waals surface area contributed by atoms with E-state index in [0.717, 1.165) is 43.7 Å². The first-order chi connectivity index (χ1) is 20.6. The summed E-state index contributed by atoms with van der Waals surface area (Å²) in [5, 5.41) is 2.32. The van der Waals surface area contributed by atoms with Crippen LogP contribution in [-0.2, 0) is 4.57 Å². The molecule has 6 rings (SSSR count). The van der Waals surface area contributed by atoms with E-state index in [-0.39, 0.29) is 7.43 Å². The quantitative estimate of drug-likeness (QED) is 0.169. The number of pyridine rings is 2. The van der Waals surface area contributed by atoms with Gasteiger partial charge in [0.05, 0.1) is 7.11 Å². The van der Waals surface area contributed by atoms with Gasteiger partial charge in [0.25, 0.3) is 0 Å². The molecule has 0 aliphatic carbocycles. The lowest BCUT2D eigenvalue weighted by atomic mass is 9.99. The summed E-state index contributed by atoms with van der Waals surface area (Å²) in [6.07, 6.45) is 7.07. The van der Waals surface area contributed by atoms with E-state index in [2.05, 4.69) is 9.97 Å². The maximum Gasteiger partial charge on any atom is 0.171 e. The van der Waals surface area contributed by atoms with Gasteiger partial charge in [0.2, 0.25) is 0 Å². The lowest BCUT2D eigenvalue weighted by molar-refractivity contribution is 0.415. The topological polar surface area (TPSA) is 61.3 Å². The summed E-state index contributed by atoms with van der Waals surface area (Å²) < 4.78 is 27.1. The lowest BCUT2D eigenvalue weighted by Crippen LogP contribution is -2.24. The van der Waals surface area contributed by atoms with E-state index in [4.69, 9.17) is 9.47 Å². The minimum absolute atomic E-state index is 0. The van der Waals surface area contributed by atoms with Crippen molar-refractivity contribution in [3.05, 3.63) is 146 Å². The Balaban J connectivity index is 0.00000368. The van der Waals surface area contributed by atoms with Gasteiger partial charge in [-0.3, -0.25) is 9.97 Å². The van der Waals surface area contributed by atoms with Crippen LogP contribution < -0.4 is 25.4 Å². The molecule has 0 saturated heterocycles. The van der Waals surface area contributed by atoms with Crippen LogP contribution in [0, 0.1) is 6.92 Å². The van der Waals surface area contributed by atoms with Crippen molar-refractivity contribution in [1.82, 2.24) is 9.97 Å². The van der Waals surface area contributed by atoms with Gasteiger partial charge in [-0.1, -0.05) is 79.7 Å². The van der Waals surface area contributed by atoms with Gasteiger partial charge >= 0.3 is 0 Å². The Kier molecular flexibility index (Phi) is 8.85. The number of hydrogen-bond donors (Lipinski definition) is 0. The maximum atomic E-state index is 14.8. The molecule has 43 heavy (non-hydrogen) atoms. The van der Waals surface area contributed by atoms with Crippen LogP contribution in [0.4, 0.5) is 0 Å². The molecule has 0 N–H and O–H groups in total. The normalized spacial score (nSPS) is 12.0. The highest BCUT2D eigenvalue weighted by atomic mass is 31.2. The summed E-state index contributed by atoms with van der Waals surface area (Å²) in [5.41, 5.74) is 4.63. The van der Waals surface area contributed by atoms with E-state index in [1.165, 1.54) is 0 Å². The summed E-state index contributed by atoms with van der Waals surface area (Å²) in [5.74, 6) is 1.96. The fraction of sp³-hybridized carbons (Fsp3) is 0.0811. The number of rotatable bonds is 8. The van der Waals surface area contributed by atoms with Crippen LogP contribution in [0.15, 0.2) is 140 Å². The average Bonchev–Trinajstić information content (AvgIpc) is 3.06. The zero-order valence-corrected chi connectivity index (χ0v) is 24.2. The second kappa shape index (κ2) is 12.9. The molecule has 0 radical (unpaired) electrons. The number of ether oxygens (including phenoxy) is 2. The fourth-order valence-corrected chi connectivity index (χ4v) is 7.62. The van der Waals surface area contributed by atoms with Crippen LogP contribution in [0.2, 0.25) is 0 Å². The Morgan fingerprint density at radius 1 is 0.605 bits per heavy atom. The van der Waals surface area contributed by atoms with Crippen molar-refractivity contribution in [2.75, 3.05) is 7.11 Å². The molecule has 2 heterocycles. The van der Waals surface area contributed by atoms with Gasteiger partial charge < -0.3 is 14.0 Å². The van der Waals surface area contributed by atoms with E-state index in [9.17, 15) is 4.57 Å². The molecule has 0 aliphatic rings. The van der Waals surface area contributed by atoms with E-state index in [0.29, 0.717) is 17.2 Å². The zero-order chi connectivity index (χ0) is 28.9. The Morgan fingerprint density at radius 2 is 1.12 bits per heavy atom. The van der Waals surface area contributed by atoms with Crippen LogP contribution in [0.5, 0.6) is 17.2 Å². The van der Waals surface area contributed by atoms with Crippen LogP contribution in [-0.4, -0.2) is 17.1 Å². The summed E-state index contributed by atoms with van der Waals surface area (Å²) in [6, 6.07) is 36.8. The van der Waals surface area contributed by atoms with Crippen molar-refractivity contribution in [1.29, 1.82) is 0 Å². The first kappa shape index (κ1) is 29.5. The number of methoxy groups -OCH3 is 1. The maximum absolute atomic E-state index is 14.8. The number of aryl methyl sites for hydroxylation is 1. The van der Waals surface area contributed by atoms with Crippen molar-refractivity contribution < 1.29 is 14.0 Å². The third-order valence-corrected chi connectivity index (χ3v) is 10.3. The van der Waals surface area contributed by atoms with Crippen LogP contribution in [0.3, 0.4) is 0 Å². The molecular formula is C37H33N2O3P. The molecule has 214 valence electrons. The monoisotopic (exact) mass is 584 g/mol. The van der Waals surface area contributed by atoms with Gasteiger partial charge in [-0.25, -0.2) is 0 Å². The highest BCUT2D eigenvalue weighted by molar-refractivity contribution is 7.85. The van der Waals surface area contributed by atoms with Gasteiger partial charge in [-0.15, -0.1) is 0 Å². The van der Waals surface area contributed by atoms with Gasteiger partial charge in [-0.05, 0) is 55.5 Å². The first-order valence-electron chi connectivity index (χ1n) is 13.6. The summed E-state index contributed by atoms with van der Waals surface area (Å²) in [4.78, 5) is 8.59. The Morgan fingerprint density at radius 3 is 1.65 bits per heavy atom. The van der Waals surface area contributed by atoms with E-state index in [1.807, 2.05) is 122 Å². The molecular weight excluding hydrogens is 551 g/mol. The van der Waals surface area contributed by atoms with Crippen molar-refractivity contribution in [2.24, 2.45) is 0 Å². The molecule has 1 unspecified atom stereocenters. The van der Waals surface area contributed by atoms with E-state index < -0.39 is 7.14 Å². The van der Waals surface area contributed by atoms with E-state index >= 15 is 0 Å². The molecule has 6 heteroatoms. The molecule has 0 amide bonds. The number of nitrogens with zero attached hydrogens (tertiary/aromatic N) is 2. The molecule has 0 bridgehead atoms. The minimum Gasteiger partial charge on any atom is -0.496 e. The van der Waals surface area contributed by atoms with Crippen LogP contribution in [0.1, 0.15) is 13.0 Å². The molecule has 4 aromatic carbocycles.